The van der Waals surface area contributed by atoms with Crippen molar-refractivity contribution in [1.82, 2.24) is 15.2 Å². The third-order valence-electron chi connectivity index (χ3n) is 2.52. The predicted molar refractivity (Wildman–Crippen MR) is 66.8 cm³/mol. The average Bonchev–Trinajstić information content (AvgIpc) is 2.78. The third kappa shape index (κ3) is 4.46. The first kappa shape index (κ1) is 15.9. The molecule has 1 aromatic rings. The number of nitrogens with zero attached hydrogens (tertiary/aromatic N) is 2. The average molecular weight is 295 g/mol. The van der Waals surface area contributed by atoms with Crippen LogP contribution in [-0.4, -0.2) is 36.4 Å². The lowest BCUT2D eigenvalue weighted by molar-refractivity contribution is -0.140. The smallest absolute Gasteiger partial charge is 0.348 e. The number of rotatable bonds is 5. The van der Waals surface area contributed by atoms with Gasteiger partial charge in [0.15, 0.2) is 5.69 Å². The Morgan fingerprint density at radius 3 is 2.58 bits per heavy atom. The van der Waals surface area contributed by atoms with E-state index in [-0.39, 0.29) is 18.5 Å². The fourth-order valence-corrected chi connectivity index (χ4v) is 2.34. The summed E-state index contributed by atoms with van der Waals surface area (Å²) in [7, 11) is 3.24. The van der Waals surface area contributed by atoms with Crippen molar-refractivity contribution in [2.75, 3.05) is 20.6 Å². The molecule has 1 N–H and O–H groups in total. The second-order valence-corrected chi connectivity index (χ2v) is 5.09. The second kappa shape index (κ2) is 6.33. The van der Waals surface area contributed by atoms with Crippen LogP contribution in [0.3, 0.4) is 0 Å². The van der Waals surface area contributed by atoms with Gasteiger partial charge in [-0.2, -0.15) is 13.2 Å². The summed E-state index contributed by atoms with van der Waals surface area (Å²) in [5, 5.41) is 4.26. The molecule has 1 aromatic heterocycles. The van der Waals surface area contributed by atoms with Crippen LogP contribution >= 0.6 is 11.3 Å². The summed E-state index contributed by atoms with van der Waals surface area (Å²) in [5.74, 6) is -0.133. The van der Waals surface area contributed by atoms with Crippen molar-refractivity contribution in [3.63, 3.8) is 0 Å². The largest absolute Gasteiger partial charge is 0.434 e. The summed E-state index contributed by atoms with van der Waals surface area (Å²) >= 11 is 0.951. The number of hydrogen-bond donors (Lipinski definition) is 1. The van der Waals surface area contributed by atoms with E-state index in [1.165, 1.54) is 4.90 Å². The van der Waals surface area contributed by atoms with Crippen LogP contribution in [0.4, 0.5) is 13.2 Å². The van der Waals surface area contributed by atoms with Gasteiger partial charge in [0.05, 0.1) is 12.6 Å². The van der Waals surface area contributed by atoms with Crippen molar-refractivity contribution in [1.29, 1.82) is 0 Å². The topological polar surface area (TPSA) is 45.2 Å². The van der Waals surface area contributed by atoms with Crippen LogP contribution in [0.2, 0.25) is 0 Å². The predicted octanol–water partition coefficient (Wildman–Crippen LogP) is 2.29. The van der Waals surface area contributed by atoms with Crippen molar-refractivity contribution < 1.29 is 18.0 Å². The molecule has 1 amide bonds. The van der Waals surface area contributed by atoms with Gasteiger partial charge in [0, 0.05) is 19.5 Å². The van der Waals surface area contributed by atoms with E-state index in [0.29, 0.717) is 11.4 Å². The Labute approximate surface area is 113 Å². The number of thiazole rings is 1. The molecule has 1 heterocycles. The Balaban J connectivity index is 2.70. The first-order valence-corrected chi connectivity index (χ1v) is 6.59. The first-order chi connectivity index (χ1) is 8.75. The summed E-state index contributed by atoms with van der Waals surface area (Å²) in [6, 6.07) is -0.343. The summed E-state index contributed by atoms with van der Waals surface area (Å²) in [6.45, 7) is 1.90. The molecule has 19 heavy (non-hydrogen) atoms. The zero-order valence-corrected chi connectivity index (χ0v) is 11.7. The molecular formula is C11H16F3N3OS. The number of carbonyl (C=O) groups is 1. The van der Waals surface area contributed by atoms with Gasteiger partial charge >= 0.3 is 6.18 Å². The molecule has 1 rings (SSSR count). The number of alkyl halides is 3. The lowest BCUT2D eigenvalue weighted by Gasteiger charge is -2.16. The maximum Gasteiger partial charge on any atom is 0.434 e. The van der Waals surface area contributed by atoms with Crippen LogP contribution < -0.4 is 5.32 Å². The van der Waals surface area contributed by atoms with E-state index in [0.717, 1.165) is 16.7 Å². The molecule has 8 heteroatoms. The van der Waals surface area contributed by atoms with Crippen LogP contribution in [0.25, 0.3) is 0 Å². The molecule has 0 aliphatic carbocycles. The lowest BCUT2D eigenvalue weighted by Crippen LogP contribution is -2.34. The number of aromatic nitrogens is 1. The van der Waals surface area contributed by atoms with Crippen LogP contribution in [0.15, 0.2) is 5.38 Å². The van der Waals surface area contributed by atoms with E-state index in [9.17, 15) is 18.0 Å². The van der Waals surface area contributed by atoms with E-state index in [2.05, 4.69) is 10.3 Å². The zero-order chi connectivity index (χ0) is 14.6. The lowest BCUT2D eigenvalue weighted by atomic mass is 10.2. The van der Waals surface area contributed by atoms with E-state index < -0.39 is 11.9 Å². The van der Waals surface area contributed by atoms with Gasteiger partial charge in [0.1, 0.15) is 5.01 Å². The number of hydrogen-bond acceptors (Lipinski definition) is 4. The molecule has 108 valence electrons. The monoisotopic (exact) mass is 295 g/mol. The Morgan fingerprint density at radius 2 is 2.16 bits per heavy atom. The third-order valence-corrected chi connectivity index (χ3v) is 3.48. The van der Waals surface area contributed by atoms with Crippen LogP contribution in [0, 0.1) is 0 Å². The van der Waals surface area contributed by atoms with E-state index in [1.54, 1.807) is 14.1 Å². The maximum absolute atomic E-state index is 12.5. The molecule has 1 atom stereocenters. The van der Waals surface area contributed by atoms with Crippen LogP contribution in [0.5, 0.6) is 0 Å². The minimum atomic E-state index is -4.42. The Hall–Kier alpha value is -1.15. The Bertz CT molecular complexity index is 431. The SMILES string of the molecule is CCC(NCC(=O)N(C)C)c1nc(C(F)(F)F)cs1. The van der Waals surface area contributed by atoms with Gasteiger partial charge in [-0.05, 0) is 6.42 Å². The fraction of sp³-hybridized carbons (Fsp3) is 0.636. The van der Waals surface area contributed by atoms with E-state index in [1.807, 2.05) is 6.92 Å². The van der Waals surface area contributed by atoms with Crippen molar-refractivity contribution in [3.05, 3.63) is 16.1 Å². The van der Waals surface area contributed by atoms with Crippen molar-refractivity contribution in [2.24, 2.45) is 0 Å². The zero-order valence-electron chi connectivity index (χ0n) is 10.9. The molecule has 4 nitrogen and oxygen atoms in total. The van der Waals surface area contributed by atoms with Gasteiger partial charge < -0.3 is 4.90 Å². The summed E-state index contributed by atoms with van der Waals surface area (Å²) in [6.07, 6.45) is -3.86. The summed E-state index contributed by atoms with van der Waals surface area (Å²) in [5.41, 5.74) is -0.883. The number of carbonyl (C=O) groups excluding carboxylic acids is 1. The fourth-order valence-electron chi connectivity index (χ4n) is 1.35. The number of nitrogens with one attached hydrogen (secondary N) is 1. The molecule has 0 fully saturated rings. The van der Waals surface area contributed by atoms with Gasteiger partial charge in [-0.25, -0.2) is 4.98 Å². The first-order valence-electron chi connectivity index (χ1n) is 5.71. The van der Waals surface area contributed by atoms with Gasteiger partial charge in [-0.3, -0.25) is 10.1 Å². The molecule has 0 bridgehead atoms. The van der Waals surface area contributed by atoms with E-state index in [4.69, 9.17) is 0 Å². The molecule has 0 saturated carbocycles. The minimum Gasteiger partial charge on any atom is -0.348 e. The summed E-state index contributed by atoms with van der Waals surface area (Å²) in [4.78, 5) is 16.4. The van der Waals surface area contributed by atoms with Crippen molar-refractivity contribution in [3.8, 4) is 0 Å². The molecule has 1 unspecified atom stereocenters. The molecular weight excluding hydrogens is 279 g/mol. The maximum atomic E-state index is 12.5. The van der Waals surface area contributed by atoms with Crippen molar-refractivity contribution in [2.45, 2.75) is 25.6 Å². The second-order valence-electron chi connectivity index (χ2n) is 4.20. The van der Waals surface area contributed by atoms with Crippen LogP contribution in [0.1, 0.15) is 30.1 Å². The van der Waals surface area contributed by atoms with Gasteiger partial charge in [0.25, 0.3) is 0 Å². The minimum absolute atomic E-state index is 0.0758. The number of likely N-dealkylation sites (N-methyl/N-ethyl adjacent to an activating group) is 1. The summed E-state index contributed by atoms with van der Waals surface area (Å²) < 4.78 is 37.4. The molecule has 0 aliphatic heterocycles. The molecule has 0 aromatic carbocycles. The molecule has 0 saturated heterocycles. The highest BCUT2D eigenvalue weighted by Crippen LogP contribution is 2.32. The Kier molecular flexibility index (Phi) is 5.30. The van der Waals surface area contributed by atoms with Gasteiger partial charge in [-0.1, -0.05) is 6.92 Å². The molecule has 0 spiro atoms. The normalized spacial score (nSPS) is 13.4. The number of halogens is 3. The van der Waals surface area contributed by atoms with Gasteiger partial charge in [-0.15, -0.1) is 11.3 Å². The van der Waals surface area contributed by atoms with E-state index >= 15 is 0 Å². The highest BCUT2D eigenvalue weighted by Gasteiger charge is 2.34. The number of amides is 1. The molecule has 0 aliphatic rings. The Morgan fingerprint density at radius 1 is 1.53 bits per heavy atom. The quantitative estimate of drug-likeness (QED) is 0.906. The van der Waals surface area contributed by atoms with Crippen molar-refractivity contribution >= 4 is 17.2 Å². The van der Waals surface area contributed by atoms with Gasteiger partial charge in [0.2, 0.25) is 5.91 Å². The highest BCUT2D eigenvalue weighted by atomic mass is 32.1. The molecule has 0 radical (unpaired) electrons. The standard InChI is InChI=1S/C11H16F3N3OS/c1-4-7(15-5-9(18)17(2)3)10-16-8(6-19-10)11(12,13)14/h6-7,15H,4-5H2,1-3H3. The van der Waals surface area contributed by atoms with Crippen LogP contribution in [-0.2, 0) is 11.0 Å². The highest BCUT2D eigenvalue weighted by molar-refractivity contribution is 7.09.